The molecule has 3 nitrogen and oxygen atoms in total. The zero-order valence-corrected chi connectivity index (χ0v) is 23.2. The second kappa shape index (κ2) is 12.2. The molecule has 0 aliphatic rings. The summed E-state index contributed by atoms with van der Waals surface area (Å²) in [5.41, 5.74) is 1.80. The molecular formula is C24H21BCl6O3. The van der Waals surface area contributed by atoms with Crippen molar-refractivity contribution in [3.05, 3.63) is 66.5 Å². The lowest BCUT2D eigenvalue weighted by molar-refractivity contribution is 0.341. The molecule has 0 bridgehead atoms. The molecule has 0 amide bonds. The number of benzene rings is 3. The van der Waals surface area contributed by atoms with Crippen LogP contribution in [0.25, 0.3) is 0 Å². The van der Waals surface area contributed by atoms with E-state index in [2.05, 4.69) is 0 Å². The van der Waals surface area contributed by atoms with Crippen LogP contribution in [0.1, 0.15) is 20.8 Å². The van der Waals surface area contributed by atoms with Crippen molar-refractivity contribution in [2.45, 2.75) is 20.8 Å². The van der Waals surface area contributed by atoms with Crippen LogP contribution < -0.4 is 30.6 Å². The van der Waals surface area contributed by atoms with Gasteiger partial charge in [0, 0.05) is 30.1 Å². The summed E-state index contributed by atoms with van der Waals surface area (Å²) in [6, 6.07) is 10.0. The largest absolute Gasteiger partial charge is 0.494 e. The van der Waals surface area contributed by atoms with Gasteiger partial charge in [-0.15, -0.1) is 0 Å². The lowest BCUT2D eigenvalue weighted by atomic mass is 9.36. The molecule has 0 aromatic heterocycles. The minimum Gasteiger partial charge on any atom is -0.494 e. The zero-order valence-electron chi connectivity index (χ0n) is 18.7. The minimum absolute atomic E-state index is 0.364. The summed E-state index contributed by atoms with van der Waals surface area (Å²) in [7, 11) is 0. The van der Waals surface area contributed by atoms with Crippen LogP contribution in [0.2, 0.25) is 30.1 Å². The lowest BCUT2D eigenvalue weighted by Gasteiger charge is -2.26. The summed E-state index contributed by atoms with van der Waals surface area (Å²) in [6.45, 7) is 6.10. The molecule has 0 saturated carbocycles. The molecule has 0 atom stereocenters. The molecule has 0 N–H and O–H groups in total. The van der Waals surface area contributed by atoms with Crippen LogP contribution in [-0.4, -0.2) is 26.5 Å². The van der Waals surface area contributed by atoms with Crippen molar-refractivity contribution in [1.82, 2.24) is 0 Å². The summed E-state index contributed by atoms with van der Waals surface area (Å²) >= 11 is 39.4. The summed E-state index contributed by atoms with van der Waals surface area (Å²) in [4.78, 5) is 0. The van der Waals surface area contributed by atoms with E-state index in [0.717, 1.165) is 0 Å². The summed E-state index contributed by atoms with van der Waals surface area (Å²) in [5.74, 6) is 1.44. The third-order valence-electron chi connectivity index (χ3n) is 4.93. The van der Waals surface area contributed by atoms with E-state index in [1.807, 2.05) is 20.8 Å². The molecule has 0 aliphatic heterocycles. The van der Waals surface area contributed by atoms with Crippen molar-refractivity contribution >= 4 is 92.7 Å². The van der Waals surface area contributed by atoms with Crippen LogP contribution >= 0.6 is 69.6 Å². The SMILES string of the molecule is CCOc1cc(Cl)cc(Cl)c1B(c1c(Cl)cc(Cl)cc1OCC)c1c(Cl)cc(Cl)cc1OCC. The average Bonchev–Trinajstić information content (AvgIpc) is 2.72. The summed E-state index contributed by atoms with van der Waals surface area (Å²) < 4.78 is 17.9. The Balaban J connectivity index is 2.50. The van der Waals surface area contributed by atoms with Crippen LogP contribution in [0, 0.1) is 0 Å². The quantitative estimate of drug-likeness (QED) is 0.248. The van der Waals surface area contributed by atoms with Gasteiger partial charge in [0.15, 0.2) is 0 Å². The second-order valence-corrected chi connectivity index (χ2v) is 9.66. The summed E-state index contributed by atoms with van der Waals surface area (Å²) in [5, 5.41) is 2.37. The molecule has 0 heterocycles. The van der Waals surface area contributed by atoms with Gasteiger partial charge in [0.2, 0.25) is 0 Å². The fourth-order valence-electron chi connectivity index (χ4n) is 3.78. The van der Waals surface area contributed by atoms with Crippen LogP contribution in [0.3, 0.4) is 0 Å². The monoisotopic (exact) mass is 578 g/mol. The van der Waals surface area contributed by atoms with Crippen molar-refractivity contribution in [2.24, 2.45) is 0 Å². The fraction of sp³-hybridized carbons (Fsp3) is 0.250. The molecule has 0 unspecified atom stereocenters. The normalized spacial score (nSPS) is 10.9. The Hall–Kier alpha value is -1.14. The van der Waals surface area contributed by atoms with E-state index < -0.39 is 6.71 Å². The fourth-order valence-corrected chi connectivity index (χ4v) is 5.53. The van der Waals surface area contributed by atoms with Gasteiger partial charge < -0.3 is 14.2 Å². The van der Waals surface area contributed by atoms with Crippen molar-refractivity contribution in [1.29, 1.82) is 0 Å². The highest BCUT2D eigenvalue weighted by atomic mass is 35.5. The van der Waals surface area contributed by atoms with Crippen LogP contribution in [0.15, 0.2) is 36.4 Å². The average molecular weight is 581 g/mol. The molecule has 0 fully saturated rings. The van der Waals surface area contributed by atoms with E-state index in [1.54, 1.807) is 36.4 Å². The Bertz CT molecular complexity index is 1040. The van der Waals surface area contributed by atoms with Crippen LogP contribution in [-0.2, 0) is 0 Å². The third-order valence-corrected chi connectivity index (χ3v) is 6.53. The molecule has 0 spiro atoms. The van der Waals surface area contributed by atoms with E-state index in [0.29, 0.717) is 83.6 Å². The van der Waals surface area contributed by atoms with Crippen LogP contribution in [0.4, 0.5) is 0 Å². The van der Waals surface area contributed by atoms with Gasteiger partial charge in [0.1, 0.15) is 17.2 Å². The maximum absolute atomic E-state index is 6.81. The number of halogens is 6. The van der Waals surface area contributed by atoms with Gasteiger partial charge in [-0.3, -0.25) is 0 Å². The van der Waals surface area contributed by atoms with Gasteiger partial charge in [0.25, 0.3) is 6.71 Å². The van der Waals surface area contributed by atoms with Gasteiger partial charge in [0.05, 0.1) is 19.8 Å². The summed E-state index contributed by atoms with van der Waals surface area (Å²) in [6.07, 6.45) is 0. The molecule has 10 heteroatoms. The third kappa shape index (κ3) is 5.98. The Kier molecular flexibility index (Phi) is 9.86. The van der Waals surface area contributed by atoms with Gasteiger partial charge >= 0.3 is 0 Å². The second-order valence-electron chi connectivity index (χ2n) is 7.13. The van der Waals surface area contributed by atoms with E-state index in [4.69, 9.17) is 83.8 Å². The Morgan fingerprint density at radius 3 is 1.00 bits per heavy atom. The highest BCUT2D eigenvalue weighted by Crippen LogP contribution is 2.31. The smallest absolute Gasteiger partial charge is 0.261 e. The highest BCUT2D eigenvalue weighted by molar-refractivity contribution is 7.00. The Morgan fingerprint density at radius 2 is 0.765 bits per heavy atom. The predicted octanol–water partition coefficient (Wildman–Crippen LogP) is 7.32. The van der Waals surface area contributed by atoms with E-state index in [-0.39, 0.29) is 0 Å². The van der Waals surface area contributed by atoms with Gasteiger partial charge in [-0.2, -0.15) is 0 Å². The molecule has 3 rings (SSSR count). The standard InChI is InChI=1S/C24H21BCl6O3/c1-4-32-19-10-13(26)7-16(29)22(19)25(23-17(30)8-14(27)11-20(23)33-5-2)24-18(31)9-15(28)12-21(24)34-6-3/h7-12H,4-6H2,1-3H3. The van der Waals surface area contributed by atoms with Crippen molar-refractivity contribution in [3.63, 3.8) is 0 Å². The Labute approximate surface area is 230 Å². The van der Waals surface area contributed by atoms with Crippen molar-refractivity contribution in [3.8, 4) is 17.2 Å². The highest BCUT2D eigenvalue weighted by Gasteiger charge is 2.37. The molecule has 0 radical (unpaired) electrons. The lowest BCUT2D eigenvalue weighted by Crippen LogP contribution is -2.54. The predicted molar refractivity (Wildman–Crippen MR) is 148 cm³/mol. The maximum Gasteiger partial charge on any atom is 0.261 e. The van der Waals surface area contributed by atoms with Crippen molar-refractivity contribution < 1.29 is 14.2 Å². The van der Waals surface area contributed by atoms with E-state index in [1.165, 1.54) is 0 Å². The van der Waals surface area contributed by atoms with Crippen molar-refractivity contribution in [2.75, 3.05) is 19.8 Å². The molecule has 0 aliphatic carbocycles. The first-order valence-electron chi connectivity index (χ1n) is 10.6. The minimum atomic E-state index is -0.663. The van der Waals surface area contributed by atoms with Gasteiger partial charge in [-0.1, -0.05) is 69.6 Å². The number of hydrogen-bond donors (Lipinski definition) is 0. The number of ether oxygens (including phenoxy) is 3. The first-order chi connectivity index (χ1) is 16.2. The first-order valence-corrected chi connectivity index (χ1v) is 12.8. The molecule has 34 heavy (non-hydrogen) atoms. The molecular weight excluding hydrogens is 560 g/mol. The molecule has 0 saturated heterocycles. The van der Waals surface area contributed by atoms with Crippen LogP contribution in [0.5, 0.6) is 17.2 Å². The maximum atomic E-state index is 6.81. The first kappa shape index (κ1) is 27.5. The number of hydrogen-bond acceptors (Lipinski definition) is 3. The van der Waals surface area contributed by atoms with Gasteiger partial charge in [-0.25, -0.2) is 0 Å². The van der Waals surface area contributed by atoms with E-state index in [9.17, 15) is 0 Å². The molecule has 3 aromatic carbocycles. The topological polar surface area (TPSA) is 27.7 Å². The van der Waals surface area contributed by atoms with Gasteiger partial charge in [-0.05, 0) is 73.6 Å². The number of rotatable bonds is 9. The Morgan fingerprint density at radius 1 is 0.500 bits per heavy atom. The molecule has 3 aromatic rings. The molecule has 180 valence electrons. The zero-order chi connectivity index (χ0) is 25.0. The van der Waals surface area contributed by atoms with E-state index >= 15 is 0 Å².